The van der Waals surface area contributed by atoms with Gasteiger partial charge in [-0.2, -0.15) is 5.01 Å². The molecule has 0 spiro atoms. The van der Waals surface area contributed by atoms with Crippen LogP contribution in [0.1, 0.15) is 33.3 Å². The van der Waals surface area contributed by atoms with Gasteiger partial charge in [0.2, 0.25) is 6.23 Å². The van der Waals surface area contributed by atoms with Crippen LogP contribution in [-0.2, 0) is 20.6 Å². The molecule has 0 aliphatic carbocycles. The Hall–Kier alpha value is -2.97. The largest absolute Gasteiger partial charge is 0.446 e. The highest BCUT2D eigenvalue weighted by atomic mass is 16.6. The van der Waals surface area contributed by atoms with Gasteiger partial charge in [-0.25, -0.2) is 19.8 Å². The normalized spacial score (nSPS) is 18.7. The zero-order valence-corrected chi connectivity index (χ0v) is 15.8. The molecule has 2 unspecified atom stereocenters. The minimum absolute atomic E-state index is 0.391. The van der Waals surface area contributed by atoms with Crippen LogP contribution in [0.15, 0.2) is 30.3 Å². The average Bonchev–Trinajstić information content (AvgIpc) is 2.92. The van der Waals surface area contributed by atoms with E-state index in [0.29, 0.717) is 6.42 Å². The van der Waals surface area contributed by atoms with Crippen LogP contribution >= 0.6 is 0 Å². The first-order chi connectivity index (χ1) is 12.8. The van der Waals surface area contributed by atoms with Crippen molar-refractivity contribution in [2.24, 2.45) is 0 Å². The molecule has 0 bridgehead atoms. The lowest BCUT2D eigenvalue weighted by Gasteiger charge is -2.30. The first-order valence-electron chi connectivity index (χ1n) is 8.74. The number of hydrogen-bond acceptors (Lipinski definition) is 6. The van der Waals surface area contributed by atoms with Crippen molar-refractivity contribution in [3.05, 3.63) is 35.9 Å². The minimum atomic E-state index is -1.09. The Kier molecular flexibility index (Phi) is 6.86. The summed E-state index contributed by atoms with van der Waals surface area (Å²) in [4.78, 5) is 36.3. The number of nitrogens with one attached hydrogen (secondary N) is 2. The number of hydrazine groups is 1. The van der Waals surface area contributed by atoms with Crippen molar-refractivity contribution in [3.63, 3.8) is 0 Å². The van der Waals surface area contributed by atoms with Crippen molar-refractivity contribution < 1.29 is 28.6 Å². The maximum atomic E-state index is 12.5. The summed E-state index contributed by atoms with van der Waals surface area (Å²) in [5.41, 5.74) is 3.24. The second-order valence-electron chi connectivity index (χ2n) is 6.60. The fourth-order valence-corrected chi connectivity index (χ4v) is 2.51. The zero-order valence-electron chi connectivity index (χ0n) is 15.8. The van der Waals surface area contributed by atoms with E-state index >= 15 is 0 Å². The molecule has 2 N–H and O–H groups in total. The number of benzene rings is 1. The van der Waals surface area contributed by atoms with Crippen LogP contribution in [-0.4, -0.2) is 47.8 Å². The highest BCUT2D eigenvalue weighted by molar-refractivity contribution is 5.76. The Morgan fingerprint density at radius 2 is 1.78 bits per heavy atom. The van der Waals surface area contributed by atoms with E-state index in [2.05, 4.69) is 10.7 Å². The quantitative estimate of drug-likeness (QED) is 0.602. The fourth-order valence-electron chi connectivity index (χ4n) is 2.51. The molecule has 1 heterocycles. The standard InChI is InChI=1S/C18H25N3O6/c1-11(2)25-17(23)20-21(18(24)26-12(3)4)15-14(19-16(22)27-15)10-13-8-6-5-7-9-13/h5-9,11-12,14-15H,10H2,1-4H3,(H,19,22)(H,20,23). The smallest absolute Gasteiger partial charge is 0.432 e. The molecule has 2 atom stereocenters. The highest BCUT2D eigenvalue weighted by Gasteiger charge is 2.43. The Labute approximate surface area is 157 Å². The molecule has 9 nitrogen and oxygen atoms in total. The van der Waals surface area contributed by atoms with Crippen LogP contribution in [0.5, 0.6) is 0 Å². The number of rotatable bonds is 5. The van der Waals surface area contributed by atoms with E-state index in [9.17, 15) is 14.4 Å². The van der Waals surface area contributed by atoms with Crippen molar-refractivity contribution >= 4 is 18.3 Å². The van der Waals surface area contributed by atoms with Crippen LogP contribution in [0.25, 0.3) is 0 Å². The van der Waals surface area contributed by atoms with Gasteiger partial charge in [0.25, 0.3) is 0 Å². The van der Waals surface area contributed by atoms with Crippen molar-refractivity contribution in [2.75, 3.05) is 0 Å². The number of ether oxygens (including phenoxy) is 3. The zero-order chi connectivity index (χ0) is 20.0. The molecule has 0 radical (unpaired) electrons. The number of amides is 3. The van der Waals surface area contributed by atoms with Crippen LogP contribution in [0.2, 0.25) is 0 Å². The van der Waals surface area contributed by atoms with E-state index in [4.69, 9.17) is 14.2 Å². The number of hydrogen-bond donors (Lipinski definition) is 2. The third-order valence-electron chi connectivity index (χ3n) is 3.52. The van der Waals surface area contributed by atoms with Crippen LogP contribution in [0, 0.1) is 0 Å². The van der Waals surface area contributed by atoms with Gasteiger partial charge in [0.05, 0.1) is 18.2 Å². The highest BCUT2D eigenvalue weighted by Crippen LogP contribution is 2.18. The molecular weight excluding hydrogens is 354 g/mol. The lowest BCUT2D eigenvalue weighted by atomic mass is 10.1. The van der Waals surface area contributed by atoms with Crippen LogP contribution in [0.4, 0.5) is 14.4 Å². The summed E-state index contributed by atoms with van der Waals surface area (Å²) in [6.45, 7) is 6.68. The summed E-state index contributed by atoms with van der Waals surface area (Å²) in [5, 5.41) is 3.50. The molecule has 148 valence electrons. The third kappa shape index (κ3) is 6.05. The molecule has 1 aliphatic heterocycles. The molecule has 0 saturated carbocycles. The molecule has 0 aromatic heterocycles. The maximum absolute atomic E-state index is 12.5. The number of nitrogens with zero attached hydrogens (tertiary/aromatic N) is 1. The predicted octanol–water partition coefficient (Wildman–Crippen LogP) is 2.56. The second kappa shape index (κ2) is 9.11. The molecule has 2 rings (SSSR count). The Morgan fingerprint density at radius 1 is 1.15 bits per heavy atom. The summed E-state index contributed by atoms with van der Waals surface area (Å²) in [5.74, 6) is 0. The minimum Gasteiger partial charge on any atom is -0.446 e. The number of cyclic esters (lactones) is 1. The van der Waals surface area contributed by atoms with E-state index in [0.717, 1.165) is 10.6 Å². The molecule has 9 heteroatoms. The summed E-state index contributed by atoms with van der Waals surface area (Å²) >= 11 is 0. The number of carbonyl (C=O) groups is 3. The van der Waals surface area contributed by atoms with Gasteiger partial charge in [-0.15, -0.1) is 0 Å². The van der Waals surface area contributed by atoms with Gasteiger partial charge in [0.1, 0.15) is 0 Å². The van der Waals surface area contributed by atoms with Gasteiger partial charge < -0.3 is 19.5 Å². The average molecular weight is 379 g/mol. The third-order valence-corrected chi connectivity index (χ3v) is 3.52. The Bertz CT molecular complexity index is 664. The van der Waals surface area contributed by atoms with E-state index in [-0.39, 0.29) is 0 Å². The molecule has 1 aromatic rings. The molecule has 27 heavy (non-hydrogen) atoms. The molecular formula is C18H25N3O6. The van der Waals surface area contributed by atoms with Gasteiger partial charge in [-0.1, -0.05) is 30.3 Å². The predicted molar refractivity (Wildman–Crippen MR) is 95.5 cm³/mol. The first kappa shape index (κ1) is 20.3. The first-order valence-corrected chi connectivity index (χ1v) is 8.74. The van der Waals surface area contributed by atoms with Gasteiger partial charge in [0.15, 0.2) is 0 Å². The van der Waals surface area contributed by atoms with E-state index < -0.39 is 42.8 Å². The van der Waals surface area contributed by atoms with Crippen molar-refractivity contribution in [3.8, 4) is 0 Å². The Balaban J connectivity index is 2.20. The van der Waals surface area contributed by atoms with Crippen molar-refractivity contribution in [1.29, 1.82) is 0 Å². The SMILES string of the molecule is CC(C)OC(=O)NN(C(=O)OC(C)C)C1OC(=O)NC1Cc1ccccc1. The van der Waals surface area contributed by atoms with Gasteiger partial charge in [-0.3, -0.25) is 0 Å². The molecule has 1 fully saturated rings. The van der Waals surface area contributed by atoms with Crippen LogP contribution in [0.3, 0.4) is 0 Å². The molecule has 1 aromatic carbocycles. The van der Waals surface area contributed by atoms with E-state index in [1.807, 2.05) is 30.3 Å². The lowest BCUT2D eigenvalue weighted by molar-refractivity contribution is -0.0345. The topological polar surface area (TPSA) is 106 Å². The van der Waals surface area contributed by atoms with E-state index in [1.54, 1.807) is 27.7 Å². The summed E-state index contributed by atoms with van der Waals surface area (Å²) < 4.78 is 15.4. The fraction of sp³-hybridized carbons (Fsp3) is 0.500. The van der Waals surface area contributed by atoms with Crippen molar-refractivity contribution in [2.45, 2.75) is 58.6 Å². The maximum Gasteiger partial charge on any atom is 0.432 e. The summed E-state index contributed by atoms with van der Waals surface area (Å²) in [7, 11) is 0. The van der Waals surface area contributed by atoms with Gasteiger partial charge >= 0.3 is 18.3 Å². The number of alkyl carbamates (subject to hydrolysis) is 1. The van der Waals surface area contributed by atoms with Gasteiger partial charge in [0, 0.05) is 0 Å². The summed E-state index contributed by atoms with van der Waals surface area (Å²) in [6, 6.07) is 8.80. The summed E-state index contributed by atoms with van der Waals surface area (Å²) in [6.07, 6.45) is -3.93. The Morgan fingerprint density at radius 3 is 2.37 bits per heavy atom. The van der Waals surface area contributed by atoms with Crippen LogP contribution < -0.4 is 10.7 Å². The van der Waals surface area contributed by atoms with E-state index in [1.165, 1.54) is 0 Å². The van der Waals surface area contributed by atoms with Crippen molar-refractivity contribution in [1.82, 2.24) is 15.8 Å². The molecule has 1 saturated heterocycles. The lowest BCUT2D eigenvalue weighted by Crippen LogP contribution is -2.57. The monoisotopic (exact) mass is 379 g/mol. The number of carbonyl (C=O) groups excluding carboxylic acids is 3. The molecule has 1 aliphatic rings. The molecule has 3 amide bonds. The van der Waals surface area contributed by atoms with Gasteiger partial charge in [-0.05, 0) is 39.7 Å². The second-order valence-corrected chi connectivity index (χ2v) is 6.60.